The molecule has 0 aliphatic rings. The minimum absolute atomic E-state index is 0.0639. The van der Waals surface area contributed by atoms with Crippen LogP contribution in [-0.4, -0.2) is 14.5 Å². The third-order valence-corrected chi connectivity index (χ3v) is 2.73. The monoisotopic (exact) mass is 246 g/mol. The fraction of sp³-hybridized carbons (Fsp3) is 0.385. The maximum absolute atomic E-state index is 5.89. The summed E-state index contributed by atoms with van der Waals surface area (Å²) in [5, 5.41) is 0. The van der Waals surface area contributed by atoms with Crippen molar-refractivity contribution in [3.63, 3.8) is 0 Å². The second-order valence-electron chi connectivity index (χ2n) is 4.24. The van der Waals surface area contributed by atoms with E-state index in [9.17, 15) is 0 Å². The van der Waals surface area contributed by atoms with Crippen LogP contribution in [0.25, 0.3) is 0 Å². The molecule has 5 heteroatoms. The Balaban J connectivity index is 2.26. The predicted octanol–water partition coefficient (Wildman–Crippen LogP) is 2.42. The lowest BCUT2D eigenvalue weighted by Crippen LogP contribution is -2.12. The van der Waals surface area contributed by atoms with Crippen molar-refractivity contribution in [1.29, 1.82) is 0 Å². The zero-order chi connectivity index (χ0) is 13.1. The van der Waals surface area contributed by atoms with Gasteiger partial charge in [-0.05, 0) is 32.9 Å². The number of rotatable bonds is 4. The molecule has 2 N–H and O–H groups in total. The summed E-state index contributed by atoms with van der Waals surface area (Å²) in [4.78, 5) is 8.44. The van der Waals surface area contributed by atoms with Crippen LogP contribution in [0.2, 0.25) is 0 Å². The molecule has 5 nitrogen and oxygen atoms in total. The lowest BCUT2D eigenvalue weighted by atomic mass is 10.3. The fourth-order valence-corrected chi connectivity index (χ4v) is 1.75. The van der Waals surface area contributed by atoms with Crippen LogP contribution in [0.15, 0.2) is 24.5 Å². The van der Waals surface area contributed by atoms with E-state index in [1.54, 1.807) is 12.4 Å². The largest absolute Gasteiger partial charge is 0.424 e. The Kier molecular flexibility index (Phi) is 3.62. The van der Waals surface area contributed by atoms with E-state index in [1.807, 2.05) is 37.5 Å². The maximum atomic E-state index is 5.89. The lowest BCUT2D eigenvalue weighted by Gasteiger charge is -2.11. The minimum atomic E-state index is -0.0639. The number of nitrogens with two attached hydrogens (primary N) is 1. The van der Waals surface area contributed by atoms with Crippen LogP contribution >= 0.6 is 0 Å². The van der Waals surface area contributed by atoms with Gasteiger partial charge in [0.25, 0.3) is 0 Å². The van der Waals surface area contributed by atoms with Crippen LogP contribution in [0, 0.1) is 6.92 Å². The van der Waals surface area contributed by atoms with Crippen LogP contribution in [-0.2, 0) is 6.54 Å². The lowest BCUT2D eigenvalue weighted by molar-refractivity contribution is 0.408. The number of pyridine rings is 1. The quantitative estimate of drug-likeness (QED) is 0.899. The topological polar surface area (TPSA) is 66.0 Å². The third kappa shape index (κ3) is 2.51. The Labute approximate surface area is 107 Å². The summed E-state index contributed by atoms with van der Waals surface area (Å²) in [6.07, 6.45) is 3.45. The highest BCUT2D eigenvalue weighted by Crippen LogP contribution is 2.23. The van der Waals surface area contributed by atoms with Gasteiger partial charge in [-0.1, -0.05) is 0 Å². The minimum Gasteiger partial charge on any atom is -0.424 e. The van der Waals surface area contributed by atoms with Gasteiger partial charge in [0.2, 0.25) is 0 Å². The first-order valence-electron chi connectivity index (χ1n) is 6.03. The smallest absolute Gasteiger partial charge is 0.302 e. The van der Waals surface area contributed by atoms with E-state index >= 15 is 0 Å². The number of nitrogens with zero attached hydrogens (tertiary/aromatic N) is 3. The Morgan fingerprint density at radius 2 is 2.11 bits per heavy atom. The van der Waals surface area contributed by atoms with E-state index in [0.717, 1.165) is 17.9 Å². The van der Waals surface area contributed by atoms with Crippen LogP contribution in [0.1, 0.15) is 31.3 Å². The second-order valence-corrected chi connectivity index (χ2v) is 4.24. The van der Waals surface area contributed by atoms with E-state index in [0.29, 0.717) is 11.8 Å². The number of hydrogen-bond donors (Lipinski definition) is 1. The molecule has 0 saturated heterocycles. The molecule has 0 amide bonds. The number of aryl methyl sites for hydroxylation is 1. The Hall–Kier alpha value is -1.88. The molecule has 96 valence electrons. The fourth-order valence-electron chi connectivity index (χ4n) is 1.75. The molecule has 0 aliphatic heterocycles. The van der Waals surface area contributed by atoms with Gasteiger partial charge in [0.1, 0.15) is 5.75 Å². The highest BCUT2D eigenvalue weighted by atomic mass is 16.5. The molecular formula is C13H18N4O. The van der Waals surface area contributed by atoms with Crippen molar-refractivity contribution in [2.45, 2.75) is 33.4 Å². The summed E-state index contributed by atoms with van der Waals surface area (Å²) < 4.78 is 7.68. The van der Waals surface area contributed by atoms with Gasteiger partial charge in [-0.25, -0.2) is 4.98 Å². The third-order valence-electron chi connectivity index (χ3n) is 2.73. The summed E-state index contributed by atoms with van der Waals surface area (Å²) >= 11 is 0. The maximum Gasteiger partial charge on any atom is 0.302 e. The first-order valence-corrected chi connectivity index (χ1v) is 6.03. The van der Waals surface area contributed by atoms with Crippen LogP contribution in [0.5, 0.6) is 11.8 Å². The predicted molar refractivity (Wildman–Crippen MR) is 69.6 cm³/mol. The van der Waals surface area contributed by atoms with E-state index in [1.165, 1.54) is 0 Å². The highest BCUT2D eigenvalue weighted by Gasteiger charge is 2.13. The van der Waals surface area contributed by atoms with Gasteiger partial charge in [0, 0.05) is 18.3 Å². The van der Waals surface area contributed by atoms with Crippen molar-refractivity contribution in [2.24, 2.45) is 5.73 Å². The normalized spacial score (nSPS) is 12.4. The van der Waals surface area contributed by atoms with Crippen molar-refractivity contribution < 1.29 is 4.74 Å². The molecule has 2 aromatic rings. The standard InChI is InChI=1S/C13H18N4O/c1-4-17-12(10(3)14)8-16-13(17)18-11-6-5-9(2)15-7-11/h5-8,10H,4,14H2,1-3H3. The SMILES string of the molecule is CCn1c(C(C)N)cnc1Oc1ccc(C)nc1. The average molecular weight is 246 g/mol. The van der Waals surface area contributed by atoms with Crippen LogP contribution < -0.4 is 10.5 Å². The molecule has 0 saturated carbocycles. The molecule has 1 unspecified atom stereocenters. The van der Waals surface area contributed by atoms with E-state index in [2.05, 4.69) is 9.97 Å². The average Bonchev–Trinajstić information content (AvgIpc) is 2.75. The molecular weight excluding hydrogens is 228 g/mol. The van der Waals surface area contributed by atoms with E-state index < -0.39 is 0 Å². The molecule has 2 rings (SSSR count). The number of aromatic nitrogens is 3. The van der Waals surface area contributed by atoms with Crippen molar-refractivity contribution in [3.05, 3.63) is 35.9 Å². The number of hydrogen-bond acceptors (Lipinski definition) is 4. The van der Waals surface area contributed by atoms with Crippen molar-refractivity contribution in [3.8, 4) is 11.8 Å². The Bertz CT molecular complexity index is 516. The van der Waals surface area contributed by atoms with Crippen LogP contribution in [0.4, 0.5) is 0 Å². The molecule has 0 aromatic carbocycles. The summed E-state index contributed by atoms with van der Waals surface area (Å²) in [5.41, 5.74) is 7.81. The highest BCUT2D eigenvalue weighted by molar-refractivity contribution is 5.24. The van der Waals surface area contributed by atoms with Gasteiger partial charge in [-0.15, -0.1) is 0 Å². The number of imidazole rings is 1. The molecule has 0 radical (unpaired) electrons. The van der Waals surface area contributed by atoms with Crippen LogP contribution in [0.3, 0.4) is 0 Å². The van der Waals surface area contributed by atoms with Gasteiger partial charge >= 0.3 is 6.01 Å². The van der Waals surface area contributed by atoms with Crippen molar-refractivity contribution >= 4 is 0 Å². The molecule has 2 aromatic heterocycles. The second kappa shape index (κ2) is 5.18. The molecule has 0 spiro atoms. The van der Waals surface area contributed by atoms with Gasteiger partial charge < -0.3 is 10.5 Å². The van der Waals surface area contributed by atoms with Gasteiger partial charge in [0.05, 0.1) is 18.1 Å². The molecule has 0 fully saturated rings. The molecule has 2 heterocycles. The summed E-state index contributed by atoms with van der Waals surface area (Å²) in [5.74, 6) is 0.678. The molecule has 0 aliphatic carbocycles. The first-order chi connectivity index (χ1) is 8.61. The van der Waals surface area contributed by atoms with E-state index in [-0.39, 0.29) is 6.04 Å². The Morgan fingerprint density at radius 1 is 1.33 bits per heavy atom. The van der Waals surface area contributed by atoms with Crippen molar-refractivity contribution in [2.75, 3.05) is 0 Å². The van der Waals surface area contributed by atoms with Gasteiger partial charge in [0.15, 0.2) is 0 Å². The summed E-state index contributed by atoms with van der Waals surface area (Å²) in [7, 11) is 0. The molecule has 18 heavy (non-hydrogen) atoms. The van der Waals surface area contributed by atoms with Crippen molar-refractivity contribution in [1.82, 2.24) is 14.5 Å². The molecule has 0 bridgehead atoms. The summed E-state index contributed by atoms with van der Waals surface area (Å²) in [6.45, 7) is 6.67. The summed E-state index contributed by atoms with van der Waals surface area (Å²) in [6, 6.07) is 4.27. The zero-order valence-electron chi connectivity index (χ0n) is 10.9. The Morgan fingerprint density at radius 3 is 2.67 bits per heavy atom. The first kappa shape index (κ1) is 12.6. The molecule has 1 atom stereocenters. The zero-order valence-corrected chi connectivity index (χ0v) is 10.9. The van der Waals surface area contributed by atoms with Gasteiger partial charge in [-0.3, -0.25) is 9.55 Å². The number of ether oxygens (including phenoxy) is 1. The van der Waals surface area contributed by atoms with Gasteiger partial charge in [-0.2, -0.15) is 0 Å². The van der Waals surface area contributed by atoms with E-state index in [4.69, 9.17) is 10.5 Å².